The maximum Gasteiger partial charge on any atom is 0.129 e. The van der Waals surface area contributed by atoms with E-state index in [9.17, 15) is 0 Å². The Morgan fingerprint density at radius 1 is 1.43 bits per heavy atom. The van der Waals surface area contributed by atoms with Crippen molar-refractivity contribution >= 4 is 15.9 Å². The number of hydrogen-bond acceptors (Lipinski definition) is 3. The number of rotatable bonds is 3. The van der Waals surface area contributed by atoms with Gasteiger partial charge in [-0.2, -0.15) is 5.10 Å². The Morgan fingerprint density at radius 2 is 2.24 bits per heavy atom. The third kappa shape index (κ3) is 2.72. The first-order valence-corrected chi connectivity index (χ1v) is 8.07. The number of halogens is 1. The Hall–Kier alpha value is -1.33. The zero-order valence-corrected chi connectivity index (χ0v) is 14.1. The van der Waals surface area contributed by atoms with E-state index in [2.05, 4.69) is 46.3 Å². The van der Waals surface area contributed by atoms with Gasteiger partial charge >= 0.3 is 0 Å². The van der Waals surface area contributed by atoms with Crippen molar-refractivity contribution in [1.29, 1.82) is 0 Å². The molecule has 5 heteroatoms. The van der Waals surface area contributed by atoms with E-state index in [0.717, 1.165) is 28.9 Å². The lowest BCUT2D eigenvalue weighted by atomic mass is 9.93. The van der Waals surface area contributed by atoms with Crippen molar-refractivity contribution < 1.29 is 4.74 Å². The predicted molar refractivity (Wildman–Crippen MR) is 86.5 cm³/mol. The van der Waals surface area contributed by atoms with E-state index < -0.39 is 0 Å². The fourth-order valence-corrected chi connectivity index (χ4v) is 3.28. The number of benzene rings is 1. The van der Waals surface area contributed by atoms with E-state index >= 15 is 0 Å². The minimum Gasteiger partial charge on any atom is -0.485 e. The minimum absolute atomic E-state index is 0.0522. The lowest BCUT2D eigenvalue weighted by Gasteiger charge is -2.33. The molecule has 3 rings (SSSR count). The van der Waals surface area contributed by atoms with Gasteiger partial charge in [0.15, 0.2) is 0 Å². The van der Waals surface area contributed by atoms with Crippen LogP contribution in [-0.2, 0) is 7.05 Å². The lowest BCUT2D eigenvalue weighted by molar-refractivity contribution is 0.151. The maximum atomic E-state index is 6.23. The SMILES string of the molecule is CCNC1CC(c2cnn(C)c2C)Oc2ccc(Br)cc21. The normalized spacial score (nSPS) is 21.0. The summed E-state index contributed by atoms with van der Waals surface area (Å²) in [5.74, 6) is 0.962. The first-order chi connectivity index (χ1) is 10.1. The summed E-state index contributed by atoms with van der Waals surface area (Å²) in [6.07, 6.45) is 2.90. The summed E-state index contributed by atoms with van der Waals surface area (Å²) in [6, 6.07) is 6.53. The topological polar surface area (TPSA) is 39.1 Å². The van der Waals surface area contributed by atoms with Crippen LogP contribution in [0.5, 0.6) is 5.75 Å². The van der Waals surface area contributed by atoms with Gasteiger partial charge in [0, 0.05) is 40.8 Å². The molecule has 1 aliphatic heterocycles. The predicted octanol–water partition coefficient (Wildman–Crippen LogP) is 3.67. The number of aromatic nitrogens is 2. The molecule has 1 N–H and O–H groups in total. The quantitative estimate of drug-likeness (QED) is 0.918. The van der Waals surface area contributed by atoms with Crippen LogP contribution < -0.4 is 10.1 Å². The molecule has 2 unspecified atom stereocenters. The number of nitrogens with one attached hydrogen (secondary N) is 1. The van der Waals surface area contributed by atoms with Crippen LogP contribution in [0.15, 0.2) is 28.9 Å². The Morgan fingerprint density at radius 3 is 2.90 bits per heavy atom. The van der Waals surface area contributed by atoms with Gasteiger partial charge in [0.2, 0.25) is 0 Å². The summed E-state index contributed by atoms with van der Waals surface area (Å²) in [5.41, 5.74) is 3.56. The molecule has 0 amide bonds. The third-order valence-electron chi connectivity index (χ3n) is 4.14. The van der Waals surface area contributed by atoms with Crippen LogP contribution in [0.25, 0.3) is 0 Å². The molecule has 112 valence electrons. The summed E-state index contributed by atoms with van der Waals surface area (Å²) in [4.78, 5) is 0. The Labute approximate surface area is 133 Å². The second-order valence-electron chi connectivity index (χ2n) is 5.44. The van der Waals surface area contributed by atoms with Crippen molar-refractivity contribution in [1.82, 2.24) is 15.1 Å². The first kappa shape index (κ1) is 14.6. The Bertz CT molecular complexity index is 653. The molecule has 2 heterocycles. The van der Waals surface area contributed by atoms with E-state index in [-0.39, 0.29) is 6.10 Å². The largest absolute Gasteiger partial charge is 0.485 e. The molecule has 2 atom stereocenters. The van der Waals surface area contributed by atoms with E-state index in [1.165, 1.54) is 11.1 Å². The molecule has 1 aromatic heterocycles. The molecule has 0 saturated heterocycles. The van der Waals surface area contributed by atoms with Crippen molar-refractivity contribution in [3.8, 4) is 5.75 Å². The van der Waals surface area contributed by atoms with Crippen molar-refractivity contribution in [3.63, 3.8) is 0 Å². The molecule has 1 aromatic carbocycles. The number of nitrogens with zero attached hydrogens (tertiary/aromatic N) is 2. The zero-order valence-electron chi connectivity index (χ0n) is 12.6. The summed E-state index contributed by atoms with van der Waals surface area (Å²) >= 11 is 3.55. The molecular formula is C16H20BrN3O. The van der Waals surface area contributed by atoms with Crippen molar-refractivity contribution in [2.24, 2.45) is 7.05 Å². The molecular weight excluding hydrogens is 330 g/mol. The van der Waals surface area contributed by atoms with Crippen LogP contribution in [0.2, 0.25) is 0 Å². The summed E-state index contributed by atoms with van der Waals surface area (Å²) < 4.78 is 9.22. The summed E-state index contributed by atoms with van der Waals surface area (Å²) in [7, 11) is 1.97. The van der Waals surface area contributed by atoms with Crippen LogP contribution in [0.3, 0.4) is 0 Å². The standard InChI is InChI=1S/C16H20BrN3O/c1-4-18-14-8-16(13-9-19-20(3)10(13)2)21-15-6-5-11(17)7-12(14)15/h5-7,9,14,16,18H,4,8H2,1-3H3. The number of aryl methyl sites for hydroxylation is 1. The molecule has 2 aromatic rings. The van der Waals surface area contributed by atoms with Gasteiger partial charge in [-0.05, 0) is 31.7 Å². The van der Waals surface area contributed by atoms with E-state index in [0.29, 0.717) is 6.04 Å². The third-order valence-corrected chi connectivity index (χ3v) is 4.63. The van der Waals surface area contributed by atoms with Crippen LogP contribution >= 0.6 is 15.9 Å². The smallest absolute Gasteiger partial charge is 0.129 e. The Balaban J connectivity index is 1.97. The zero-order chi connectivity index (χ0) is 15.0. The second kappa shape index (κ2) is 5.81. The molecule has 0 saturated carbocycles. The highest BCUT2D eigenvalue weighted by Crippen LogP contribution is 2.42. The summed E-state index contributed by atoms with van der Waals surface area (Å²) in [5, 5.41) is 7.91. The average Bonchev–Trinajstić information content (AvgIpc) is 2.80. The second-order valence-corrected chi connectivity index (χ2v) is 6.36. The van der Waals surface area contributed by atoms with E-state index in [1.807, 2.05) is 30.1 Å². The van der Waals surface area contributed by atoms with Gasteiger partial charge in [0.25, 0.3) is 0 Å². The van der Waals surface area contributed by atoms with E-state index in [4.69, 9.17) is 4.74 Å². The van der Waals surface area contributed by atoms with Gasteiger partial charge in [-0.25, -0.2) is 0 Å². The highest BCUT2D eigenvalue weighted by molar-refractivity contribution is 9.10. The lowest BCUT2D eigenvalue weighted by Crippen LogP contribution is -2.29. The van der Waals surface area contributed by atoms with Gasteiger partial charge in [-0.3, -0.25) is 4.68 Å². The van der Waals surface area contributed by atoms with Crippen LogP contribution in [0, 0.1) is 6.92 Å². The number of hydrogen-bond donors (Lipinski definition) is 1. The summed E-state index contributed by atoms with van der Waals surface area (Å²) in [6.45, 7) is 5.16. The van der Waals surface area contributed by atoms with Gasteiger partial charge in [-0.15, -0.1) is 0 Å². The number of ether oxygens (including phenoxy) is 1. The maximum absolute atomic E-state index is 6.23. The molecule has 0 spiro atoms. The highest BCUT2D eigenvalue weighted by atomic mass is 79.9. The number of fused-ring (bicyclic) bond motifs is 1. The molecule has 0 radical (unpaired) electrons. The van der Waals surface area contributed by atoms with Gasteiger partial charge in [-0.1, -0.05) is 22.9 Å². The van der Waals surface area contributed by atoms with Crippen LogP contribution in [0.4, 0.5) is 0 Å². The molecule has 0 bridgehead atoms. The molecule has 0 fully saturated rings. The molecule has 0 aliphatic carbocycles. The van der Waals surface area contributed by atoms with Crippen LogP contribution in [-0.4, -0.2) is 16.3 Å². The minimum atomic E-state index is 0.0522. The Kier molecular flexibility index (Phi) is 4.04. The van der Waals surface area contributed by atoms with Crippen LogP contribution in [0.1, 0.15) is 42.3 Å². The van der Waals surface area contributed by atoms with Crippen molar-refractivity contribution in [3.05, 3.63) is 45.7 Å². The van der Waals surface area contributed by atoms with Crippen molar-refractivity contribution in [2.75, 3.05) is 6.54 Å². The van der Waals surface area contributed by atoms with Gasteiger partial charge in [0.1, 0.15) is 11.9 Å². The van der Waals surface area contributed by atoms with E-state index in [1.54, 1.807) is 0 Å². The fraction of sp³-hybridized carbons (Fsp3) is 0.438. The van der Waals surface area contributed by atoms with Crippen molar-refractivity contribution in [2.45, 2.75) is 32.4 Å². The van der Waals surface area contributed by atoms with Gasteiger partial charge in [0.05, 0.1) is 6.20 Å². The highest BCUT2D eigenvalue weighted by Gasteiger charge is 2.30. The molecule has 1 aliphatic rings. The molecule has 21 heavy (non-hydrogen) atoms. The fourth-order valence-electron chi connectivity index (χ4n) is 2.90. The molecule has 4 nitrogen and oxygen atoms in total. The van der Waals surface area contributed by atoms with Gasteiger partial charge < -0.3 is 10.1 Å². The first-order valence-electron chi connectivity index (χ1n) is 7.28. The monoisotopic (exact) mass is 349 g/mol. The average molecular weight is 350 g/mol.